The Bertz CT molecular complexity index is 1680. The van der Waals surface area contributed by atoms with Gasteiger partial charge < -0.3 is 25.4 Å². The van der Waals surface area contributed by atoms with Crippen LogP contribution in [0.15, 0.2) is 102 Å². The molecule has 212 valence electrons. The molecule has 0 saturated heterocycles. The number of rotatable bonds is 9. The van der Waals surface area contributed by atoms with Crippen molar-refractivity contribution < 1.29 is 23.9 Å². The highest BCUT2D eigenvalue weighted by Gasteiger charge is 2.17. The number of thioether (sulfide) groups is 1. The van der Waals surface area contributed by atoms with Crippen LogP contribution in [-0.2, 0) is 9.59 Å². The molecule has 3 amide bonds. The predicted molar refractivity (Wildman–Crippen MR) is 165 cm³/mol. The first kappa shape index (κ1) is 29.1. The van der Waals surface area contributed by atoms with Crippen LogP contribution in [0.2, 0.25) is 10.0 Å². The molecular weight excluding hydrogens is 597 g/mol. The number of hydrogen-bond donors (Lipinski definition) is 3. The molecule has 4 aromatic rings. The summed E-state index contributed by atoms with van der Waals surface area (Å²) in [7, 11) is 0. The minimum atomic E-state index is -0.571. The molecule has 0 bridgehead atoms. The molecule has 0 saturated carbocycles. The minimum absolute atomic E-state index is 0.0332. The highest BCUT2D eigenvalue weighted by atomic mass is 35.5. The van der Waals surface area contributed by atoms with Crippen LogP contribution in [0.1, 0.15) is 15.9 Å². The lowest BCUT2D eigenvalue weighted by atomic mass is 10.1. The molecule has 1 aliphatic heterocycles. The maximum Gasteiger partial charge on any atom is 0.272 e. The number of hydrogen-bond acceptors (Lipinski definition) is 6. The molecule has 0 atom stereocenters. The van der Waals surface area contributed by atoms with E-state index in [1.54, 1.807) is 84.9 Å². The molecule has 0 fully saturated rings. The number of carbonyl (C=O) groups excluding carboxylic acids is 3. The van der Waals surface area contributed by atoms with Crippen LogP contribution in [0.3, 0.4) is 0 Å². The van der Waals surface area contributed by atoms with Crippen molar-refractivity contribution in [1.82, 2.24) is 5.32 Å². The molecule has 0 unspecified atom stereocenters. The first-order valence-electron chi connectivity index (χ1n) is 12.6. The molecule has 1 heterocycles. The summed E-state index contributed by atoms with van der Waals surface area (Å²) < 4.78 is 10.6. The number of carbonyl (C=O) groups is 3. The molecule has 0 radical (unpaired) electrons. The number of halogens is 2. The second-order valence-electron chi connectivity index (χ2n) is 8.91. The highest BCUT2D eigenvalue weighted by molar-refractivity contribution is 8.00. The SMILES string of the molecule is O=C(CSc1cccc(NC(=O)/C(=C\c2cccc(Cl)c2Cl)NC(=O)c2ccccc2)c1)Nc1ccc2c(c1)OCO2. The predicted octanol–water partition coefficient (Wildman–Crippen LogP) is 6.86. The van der Waals surface area contributed by atoms with E-state index in [-0.39, 0.29) is 29.2 Å². The maximum atomic E-state index is 13.4. The molecule has 5 rings (SSSR count). The lowest BCUT2D eigenvalue weighted by Gasteiger charge is -2.13. The fourth-order valence-electron chi connectivity index (χ4n) is 3.91. The van der Waals surface area contributed by atoms with Gasteiger partial charge in [-0.05, 0) is 60.2 Å². The fourth-order valence-corrected chi connectivity index (χ4v) is 5.03. The summed E-state index contributed by atoms with van der Waals surface area (Å²) in [4.78, 5) is 39.6. The quantitative estimate of drug-likeness (QED) is 0.140. The second kappa shape index (κ2) is 13.5. The van der Waals surface area contributed by atoms with E-state index in [2.05, 4.69) is 16.0 Å². The van der Waals surface area contributed by atoms with Crippen molar-refractivity contribution in [2.75, 3.05) is 23.2 Å². The number of ether oxygens (including phenoxy) is 2. The third kappa shape index (κ3) is 7.44. The monoisotopic (exact) mass is 619 g/mol. The van der Waals surface area contributed by atoms with Crippen molar-refractivity contribution in [3.05, 3.63) is 118 Å². The largest absolute Gasteiger partial charge is 0.454 e. The van der Waals surface area contributed by atoms with Crippen LogP contribution < -0.4 is 25.4 Å². The molecule has 0 aromatic heterocycles. The van der Waals surface area contributed by atoms with Crippen molar-refractivity contribution >= 4 is 70.1 Å². The van der Waals surface area contributed by atoms with Crippen LogP contribution in [0.25, 0.3) is 6.08 Å². The highest BCUT2D eigenvalue weighted by Crippen LogP contribution is 2.34. The standard InChI is InChI=1S/C31H23Cl2N3O5S/c32-24-11-4-8-20(29(24)33)14-25(36-30(38)19-6-2-1-3-7-19)31(39)35-21-9-5-10-23(15-21)42-17-28(37)34-22-12-13-26-27(16-22)41-18-40-26/h1-16H,17-18H2,(H,34,37)(H,35,39)(H,36,38)/b25-14+. The van der Waals surface area contributed by atoms with Gasteiger partial charge in [0.2, 0.25) is 12.7 Å². The van der Waals surface area contributed by atoms with Gasteiger partial charge in [0.05, 0.1) is 15.8 Å². The van der Waals surface area contributed by atoms with E-state index in [1.807, 2.05) is 6.07 Å². The molecule has 1 aliphatic rings. The van der Waals surface area contributed by atoms with Gasteiger partial charge in [0, 0.05) is 27.9 Å². The molecule has 0 spiro atoms. The van der Waals surface area contributed by atoms with Gasteiger partial charge in [-0.25, -0.2) is 0 Å². The third-order valence-electron chi connectivity index (χ3n) is 5.93. The Balaban J connectivity index is 1.27. The Labute approximate surface area is 256 Å². The van der Waals surface area contributed by atoms with Gasteiger partial charge in [-0.3, -0.25) is 14.4 Å². The normalized spacial score (nSPS) is 12.0. The van der Waals surface area contributed by atoms with Crippen molar-refractivity contribution in [3.63, 3.8) is 0 Å². The van der Waals surface area contributed by atoms with Gasteiger partial charge in [0.25, 0.3) is 11.8 Å². The third-order valence-corrected chi connectivity index (χ3v) is 7.76. The topological polar surface area (TPSA) is 106 Å². The van der Waals surface area contributed by atoms with Crippen molar-refractivity contribution in [2.45, 2.75) is 4.90 Å². The van der Waals surface area contributed by atoms with Crippen LogP contribution in [0.4, 0.5) is 11.4 Å². The molecule has 0 aliphatic carbocycles. The smallest absolute Gasteiger partial charge is 0.272 e. The summed E-state index contributed by atoms with van der Waals surface area (Å²) in [5, 5.41) is 8.87. The van der Waals surface area contributed by atoms with Crippen LogP contribution in [0, 0.1) is 0 Å². The Morgan fingerprint density at radius 2 is 1.57 bits per heavy atom. The summed E-state index contributed by atoms with van der Waals surface area (Å²) in [5.74, 6) is 0.105. The van der Waals surface area contributed by atoms with E-state index in [1.165, 1.54) is 17.8 Å². The van der Waals surface area contributed by atoms with Gasteiger partial charge >= 0.3 is 0 Å². The summed E-state index contributed by atoms with van der Waals surface area (Å²) in [5.41, 5.74) is 1.88. The molecular formula is C31H23Cl2N3O5S. The summed E-state index contributed by atoms with van der Waals surface area (Å²) in [6, 6.07) is 25.7. The summed E-state index contributed by atoms with van der Waals surface area (Å²) in [6.45, 7) is 0.153. The first-order chi connectivity index (χ1) is 20.4. The van der Waals surface area contributed by atoms with Crippen molar-refractivity contribution in [3.8, 4) is 11.5 Å². The van der Waals surface area contributed by atoms with Crippen LogP contribution in [0.5, 0.6) is 11.5 Å². The number of nitrogens with one attached hydrogen (secondary N) is 3. The number of amides is 3. The zero-order valence-electron chi connectivity index (χ0n) is 21.9. The molecule has 42 heavy (non-hydrogen) atoms. The Hall–Kier alpha value is -4.44. The second-order valence-corrected chi connectivity index (χ2v) is 10.7. The van der Waals surface area contributed by atoms with Gasteiger partial charge in [0.1, 0.15) is 5.70 Å². The van der Waals surface area contributed by atoms with Crippen molar-refractivity contribution in [1.29, 1.82) is 0 Å². The summed E-state index contributed by atoms with van der Waals surface area (Å²) >= 11 is 13.8. The zero-order chi connectivity index (χ0) is 29.5. The average molecular weight is 621 g/mol. The molecule has 11 heteroatoms. The van der Waals surface area contributed by atoms with E-state index >= 15 is 0 Å². The first-order valence-corrected chi connectivity index (χ1v) is 14.4. The molecule has 8 nitrogen and oxygen atoms in total. The van der Waals surface area contributed by atoms with E-state index < -0.39 is 11.8 Å². The minimum Gasteiger partial charge on any atom is -0.454 e. The van der Waals surface area contributed by atoms with Gasteiger partial charge in [0.15, 0.2) is 11.5 Å². The lowest BCUT2D eigenvalue weighted by Crippen LogP contribution is -2.30. The van der Waals surface area contributed by atoms with E-state index in [0.717, 1.165) is 4.90 Å². The average Bonchev–Trinajstić information content (AvgIpc) is 3.46. The van der Waals surface area contributed by atoms with Gasteiger partial charge in [-0.15, -0.1) is 11.8 Å². The number of fused-ring (bicyclic) bond motifs is 1. The zero-order valence-corrected chi connectivity index (χ0v) is 24.2. The number of anilines is 2. The lowest BCUT2D eigenvalue weighted by molar-refractivity contribution is -0.114. The van der Waals surface area contributed by atoms with Gasteiger partial charge in [-0.2, -0.15) is 0 Å². The molecule has 3 N–H and O–H groups in total. The van der Waals surface area contributed by atoms with E-state index in [4.69, 9.17) is 32.7 Å². The Morgan fingerprint density at radius 3 is 2.40 bits per heavy atom. The fraction of sp³-hybridized carbons (Fsp3) is 0.0645. The van der Waals surface area contributed by atoms with E-state index in [0.29, 0.717) is 39.0 Å². The van der Waals surface area contributed by atoms with E-state index in [9.17, 15) is 14.4 Å². The summed E-state index contributed by atoms with van der Waals surface area (Å²) in [6.07, 6.45) is 1.46. The van der Waals surface area contributed by atoms with Gasteiger partial charge in [-0.1, -0.05) is 59.6 Å². The maximum absolute atomic E-state index is 13.4. The van der Waals surface area contributed by atoms with Crippen LogP contribution >= 0.6 is 35.0 Å². The van der Waals surface area contributed by atoms with Crippen molar-refractivity contribution in [2.24, 2.45) is 0 Å². The Morgan fingerprint density at radius 1 is 0.810 bits per heavy atom. The number of benzene rings is 4. The molecule has 4 aromatic carbocycles. The van der Waals surface area contributed by atoms with Crippen LogP contribution in [-0.4, -0.2) is 30.3 Å². The Kier molecular flexibility index (Phi) is 9.33.